The first kappa shape index (κ1) is 15.8. The first-order valence-corrected chi connectivity index (χ1v) is 7.85. The fourth-order valence-electron chi connectivity index (χ4n) is 2.94. The van der Waals surface area contributed by atoms with Crippen LogP contribution >= 0.6 is 0 Å². The number of hydrogen-bond donors (Lipinski definition) is 2. The summed E-state index contributed by atoms with van der Waals surface area (Å²) in [7, 11) is 0. The van der Waals surface area contributed by atoms with Gasteiger partial charge in [-0.2, -0.15) is 0 Å². The van der Waals surface area contributed by atoms with Crippen molar-refractivity contribution in [2.75, 3.05) is 0 Å². The van der Waals surface area contributed by atoms with Crippen molar-refractivity contribution < 1.29 is 21.1 Å². The Morgan fingerprint density at radius 2 is 0.760 bits per heavy atom. The molecule has 5 heterocycles. The van der Waals surface area contributed by atoms with Gasteiger partial charge in [-0.25, -0.2) is 9.97 Å². The summed E-state index contributed by atoms with van der Waals surface area (Å²) in [5, 5.41) is 0. The van der Waals surface area contributed by atoms with Crippen molar-refractivity contribution in [2.24, 2.45) is 0 Å². The molecule has 25 heavy (non-hydrogen) atoms. The maximum Gasteiger partial charge on any atom is 0.0658 e. The van der Waals surface area contributed by atoms with E-state index in [9.17, 15) is 0 Å². The van der Waals surface area contributed by atoms with E-state index >= 15 is 0 Å². The summed E-state index contributed by atoms with van der Waals surface area (Å²) in [6, 6.07) is 16.4. The molecule has 3 aromatic heterocycles. The Morgan fingerprint density at radius 1 is 0.480 bits per heavy atom. The average Bonchev–Trinajstić information content (AvgIpc) is 3.32. The van der Waals surface area contributed by atoms with Crippen LogP contribution < -0.4 is 0 Å². The molecule has 0 saturated carbocycles. The number of nitrogens with one attached hydrogen (secondary N) is 2. The number of nitrogens with zero attached hydrogens (tertiary/aromatic N) is 2. The quantitative estimate of drug-likeness (QED) is 0.330. The van der Waals surface area contributed by atoms with Gasteiger partial charge in [0, 0.05) is 43.1 Å². The zero-order valence-electron chi connectivity index (χ0n) is 13.2. The normalized spacial score (nSPS) is 12.2. The van der Waals surface area contributed by atoms with E-state index in [-0.39, 0.29) is 21.1 Å². The van der Waals surface area contributed by atoms with E-state index in [4.69, 9.17) is 0 Å². The van der Waals surface area contributed by atoms with Crippen molar-refractivity contribution in [1.82, 2.24) is 19.9 Å². The maximum absolute atomic E-state index is 4.63. The summed E-state index contributed by atoms with van der Waals surface area (Å²) < 4.78 is 0. The molecule has 8 bridgehead atoms. The standard InChI is InChI=1S/C20H14N4.W/c1-2-14-10-16-5-6-18(23-16)12-20-8-7-19(24-20)11-17-4-3-15(22-17)9-13(1)21-14;/h1-12,21,24H;. The summed E-state index contributed by atoms with van der Waals surface area (Å²) in [6.07, 6.45) is 8.09. The average molecular weight is 494 g/mol. The predicted octanol–water partition coefficient (Wildman–Crippen LogP) is 4.65. The smallest absolute Gasteiger partial charge is 0.0658 e. The van der Waals surface area contributed by atoms with Gasteiger partial charge in [0.15, 0.2) is 0 Å². The van der Waals surface area contributed by atoms with Crippen LogP contribution in [-0.2, 0) is 21.1 Å². The molecule has 3 aromatic rings. The fourth-order valence-corrected chi connectivity index (χ4v) is 2.94. The van der Waals surface area contributed by atoms with Gasteiger partial charge in [-0.15, -0.1) is 0 Å². The van der Waals surface area contributed by atoms with Crippen LogP contribution in [0.5, 0.6) is 0 Å². The van der Waals surface area contributed by atoms with Gasteiger partial charge >= 0.3 is 0 Å². The Bertz CT molecular complexity index is 990. The van der Waals surface area contributed by atoms with Crippen LogP contribution in [0.2, 0.25) is 0 Å². The topological polar surface area (TPSA) is 57.4 Å². The second kappa shape index (κ2) is 6.30. The van der Waals surface area contributed by atoms with E-state index in [1.54, 1.807) is 0 Å². The second-order valence-electron chi connectivity index (χ2n) is 5.91. The molecule has 5 rings (SSSR count). The molecule has 0 atom stereocenters. The van der Waals surface area contributed by atoms with Crippen molar-refractivity contribution in [3.8, 4) is 0 Å². The van der Waals surface area contributed by atoms with Crippen molar-refractivity contribution in [3.05, 3.63) is 71.3 Å². The SMILES string of the molecule is C1=Cc2cc3ccc(cc4nc(cc5ccc(cc1n2)[nH]5)C=C4)[nH]3.[W]. The van der Waals surface area contributed by atoms with Crippen molar-refractivity contribution >= 4 is 46.4 Å². The Hall–Kier alpha value is -2.71. The van der Waals surface area contributed by atoms with Gasteiger partial charge in [0.2, 0.25) is 0 Å². The van der Waals surface area contributed by atoms with Crippen LogP contribution in [0, 0.1) is 0 Å². The van der Waals surface area contributed by atoms with Crippen LogP contribution in [-0.4, -0.2) is 19.9 Å². The van der Waals surface area contributed by atoms with Crippen molar-refractivity contribution in [3.63, 3.8) is 0 Å². The molecular formula is C20H14N4W. The molecule has 0 unspecified atom stereocenters. The molecule has 0 aromatic carbocycles. The minimum Gasteiger partial charge on any atom is -0.355 e. The number of H-pyrrole nitrogens is 2. The summed E-state index contributed by atoms with van der Waals surface area (Å²) >= 11 is 0. The van der Waals surface area contributed by atoms with E-state index in [1.807, 2.05) is 48.6 Å². The zero-order valence-corrected chi connectivity index (χ0v) is 16.2. The Balaban J connectivity index is 0.00000157. The molecule has 0 fully saturated rings. The molecule has 0 spiro atoms. The van der Waals surface area contributed by atoms with Crippen LogP contribution in [0.3, 0.4) is 0 Å². The van der Waals surface area contributed by atoms with Gasteiger partial charge in [0.25, 0.3) is 0 Å². The summed E-state index contributed by atoms with van der Waals surface area (Å²) in [6.45, 7) is 0. The zero-order chi connectivity index (χ0) is 15.9. The number of rotatable bonds is 0. The van der Waals surface area contributed by atoms with E-state index < -0.39 is 0 Å². The van der Waals surface area contributed by atoms with Gasteiger partial charge in [0.05, 0.1) is 22.8 Å². The Labute approximate surface area is 158 Å². The minimum atomic E-state index is 0. The number of fused-ring (bicyclic) bond motifs is 8. The molecule has 2 aliphatic rings. The van der Waals surface area contributed by atoms with Gasteiger partial charge in [0.1, 0.15) is 0 Å². The summed E-state index contributed by atoms with van der Waals surface area (Å²) in [5.41, 5.74) is 7.86. The molecule has 0 radical (unpaired) electrons. The molecule has 4 nitrogen and oxygen atoms in total. The molecule has 0 amide bonds. The van der Waals surface area contributed by atoms with E-state index in [2.05, 4.69) is 44.2 Å². The Morgan fingerprint density at radius 3 is 1.04 bits per heavy atom. The number of aromatic amines is 2. The molecule has 2 N–H and O–H groups in total. The number of aromatic nitrogens is 4. The van der Waals surface area contributed by atoms with Gasteiger partial charge in [-0.05, 0) is 72.8 Å². The summed E-state index contributed by atoms with van der Waals surface area (Å²) in [4.78, 5) is 16.0. The van der Waals surface area contributed by atoms with Crippen LogP contribution in [0.1, 0.15) is 22.8 Å². The maximum atomic E-state index is 4.63. The molecular weight excluding hydrogens is 480 g/mol. The third kappa shape index (κ3) is 3.26. The second-order valence-corrected chi connectivity index (χ2v) is 5.91. The fraction of sp³-hybridized carbons (Fsp3) is 0. The van der Waals surface area contributed by atoms with E-state index in [0.29, 0.717) is 0 Å². The van der Waals surface area contributed by atoms with Crippen molar-refractivity contribution in [1.29, 1.82) is 0 Å². The third-order valence-electron chi connectivity index (χ3n) is 4.04. The van der Waals surface area contributed by atoms with Crippen LogP contribution in [0.15, 0.2) is 48.5 Å². The van der Waals surface area contributed by atoms with E-state index in [0.717, 1.165) is 44.8 Å². The monoisotopic (exact) mass is 494 g/mol. The summed E-state index contributed by atoms with van der Waals surface area (Å²) in [5.74, 6) is 0. The van der Waals surface area contributed by atoms with Gasteiger partial charge in [-0.1, -0.05) is 0 Å². The van der Waals surface area contributed by atoms with E-state index in [1.165, 1.54) is 0 Å². The molecule has 120 valence electrons. The van der Waals surface area contributed by atoms with Crippen molar-refractivity contribution in [2.45, 2.75) is 0 Å². The molecule has 2 aliphatic heterocycles. The number of hydrogen-bond acceptors (Lipinski definition) is 2. The molecule has 0 saturated heterocycles. The Kier molecular flexibility index (Phi) is 3.98. The van der Waals surface area contributed by atoms with Crippen LogP contribution in [0.4, 0.5) is 0 Å². The first-order chi connectivity index (χ1) is 11.8. The first-order valence-electron chi connectivity index (χ1n) is 7.85. The van der Waals surface area contributed by atoms with Crippen LogP contribution in [0.25, 0.3) is 46.4 Å². The third-order valence-corrected chi connectivity index (χ3v) is 4.04. The molecule has 0 aliphatic carbocycles. The largest absolute Gasteiger partial charge is 0.355 e. The minimum absolute atomic E-state index is 0. The van der Waals surface area contributed by atoms with Gasteiger partial charge < -0.3 is 9.97 Å². The van der Waals surface area contributed by atoms with Gasteiger partial charge in [-0.3, -0.25) is 0 Å². The predicted molar refractivity (Wildman–Crippen MR) is 98.9 cm³/mol. The molecule has 5 heteroatoms.